The van der Waals surface area contributed by atoms with Crippen LogP contribution in [0.25, 0.3) is 10.4 Å². The van der Waals surface area contributed by atoms with Crippen molar-refractivity contribution in [2.24, 2.45) is 5.11 Å². The van der Waals surface area contributed by atoms with Gasteiger partial charge in [0.2, 0.25) is 0 Å². The third-order valence-corrected chi connectivity index (χ3v) is 8.03. The molecule has 0 unspecified atom stereocenters. The van der Waals surface area contributed by atoms with Crippen LogP contribution in [0.1, 0.15) is 33.3 Å². The second-order valence-electron chi connectivity index (χ2n) is 7.85. The first-order chi connectivity index (χ1) is 11.6. The highest BCUT2D eigenvalue weighted by Crippen LogP contribution is 2.29. The number of azide groups is 1. The van der Waals surface area contributed by atoms with E-state index in [1.807, 2.05) is 13.8 Å². The van der Waals surface area contributed by atoms with Gasteiger partial charge in [-0.2, -0.15) is 0 Å². The summed E-state index contributed by atoms with van der Waals surface area (Å²) < 4.78 is 24.8. The first-order valence-electron chi connectivity index (χ1n) is 8.60. The maximum absolute atomic E-state index is 13.1. The van der Waals surface area contributed by atoms with Crippen molar-refractivity contribution < 1.29 is 13.9 Å². The Kier molecular flexibility index (Phi) is 8.08. The number of hydrogen-bond donors (Lipinski definition) is 0. The van der Waals surface area contributed by atoms with E-state index < -0.39 is 20.4 Å². The monoisotopic (exact) mass is 367 g/mol. The van der Waals surface area contributed by atoms with Crippen LogP contribution in [0.5, 0.6) is 0 Å². The van der Waals surface area contributed by atoms with Crippen molar-refractivity contribution in [2.75, 3.05) is 19.8 Å². The Morgan fingerprint density at radius 1 is 1.16 bits per heavy atom. The molecule has 1 aromatic rings. The predicted octanol–water partition coefficient (Wildman–Crippen LogP) is 5.04. The van der Waals surface area contributed by atoms with E-state index in [1.54, 1.807) is 12.1 Å². The molecule has 25 heavy (non-hydrogen) atoms. The first kappa shape index (κ1) is 21.6. The van der Waals surface area contributed by atoms with Crippen molar-refractivity contribution in [2.45, 2.75) is 57.5 Å². The maximum atomic E-state index is 13.1. The molecule has 0 saturated carbocycles. The van der Waals surface area contributed by atoms with Crippen molar-refractivity contribution in [1.29, 1.82) is 0 Å². The fraction of sp³-hybridized carbons (Fsp3) is 0.667. The minimum Gasteiger partial charge on any atom is -0.381 e. The molecule has 0 amide bonds. The number of halogens is 1. The molecule has 0 spiro atoms. The molecule has 140 valence electrons. The third-order valence-electron chi connectivity index (χ3n) is 4.74. The topological polar surface area (TPSA) is 67.2 Å². The highest BCUT2D eigenvalue weighted by Gasteiger charge is 2.25. The van der Waals surface area contributed by atoms with Gasteiger partial charge in [-0.15, -0.1) is 0 Å². The van der Waals surface area contributed by atoms with Gasteiger partial charge in [-0.25, -0.2) is 4.39 Å². The zero-order valence-corrected chi connectivity index (χ0v) is 17.3. The van der Waals surface area contributed by atoms with Crippen molar-refractivity contribution in [3.63, 3.8) is 0 Å². The van der Waals surface area contributed by atoms with Crippen molar-refractivity contribution in [3.8, 4) is 0 Å². The van der Waals surface area contributed by atoms with Crippen LogP contribution >= 0.6 is 0 Å². The number of rotatable bonds is 10. The standard InChI is InChI=1S/C18H30FN3O2Si/c1-17(2,25(5)6)13-23-11-16(21-22-20)12-24-18(3,4)14-7-9-15(19)10-8-14/h7-10,16,25H,11-13H2,1-6H3/t16-/m0/s1. The number of nitrogens with zero attached hydrogens (tertiary/aromatic N) is 3. The lowest BCUT2D eigenvalue weighted by atomic mass is 9.98. The average Bonchev–Trinajstić information content (AvgIpc) is 2.53. The Hall–Kier alpha value is -1.40. The van der Waals surface area contributed by atoms with Gasteiger partial charge in [0.05, 0.1) is 24.9 Å². The predicted molar refractivity (Wildman–Crippen MR) is 102 cm³/mol. The van der Waals surface area contributed by atoms with Gasteiger partial charge in [-0.3, -0.25) is 0 Å². The van der Waals surface area contributed by atoms with Crippen molar-refractivity contribution in [3.05, 3.63) is 46.1 Å². The normalized spacial score (nSPS) is 13.6. The van der Waals surface area contributed by atoms with Crippen LogP contribution in [0.3, 0.4) is 0 Å². The smallest absolute Gasteiger partial charge is 0.123 e. The molecule has 0 bridgehead atoms. The summed E-state index contributed by atoms with van der Waals surface area (Å²) in [5, 5.41) is 3.97. The number of benzene rings is 1. The molecule has 0 aliphatic carbocycles. The van der Waals surface area contributed by atoms with Gasteiger partial charge in [0, 0.05) is 20.3 Å². The lowest BCUT2D eigenvalue weighted by Crippen LogP contribution is -2.31. The van der Waals surface area contributed by atoms with Crippen LogP contribution < -0.4 is 0 Å². The van der Waals surface area contributed by atoms with Crippen molar-refractivity contribution in [1.82, 2.24) is 0 Å². The van der Waals surface area contributed by atoms with E-state index in [2.05, 4.69) is 37.0 Å². The lowest BCUT2D eigenvalue weighted by Gasteiger charge is -2.30. The van der Waals surface area contributed by atoms with E-state index in [0.29, 0.717) is 13.2 Å². The summed E-state index contributed by atoms with van der Waals surface area (Å²) in [7, 11) is -0.838. The van der Waals surface area contributed by atoms with Crippen LogP contribution in [0.15, 0.2) is 29.4 Å². The van der Waals surface area contributed by atoms with Crippen LogP contribution in [-0.4, -0.2) is 34.7 Å². The van der Waals surface area contributed by atoms with Gasteiger partial charge in [-0.05, 0) is 42.1 Å². The first-order valence-corrected chi connectivity index (χ1v) is 11.5. The van der Waals surface area contributed by atoms with Crippen LogP contribution in [-0.2, 0) is 15.1 Å². The Bertz CT molecular complexity index is 584. The Morgan fingerprint density at radius 3 is 2.28 bits per heavy atom. The minimum absolute atomic E-state index is 0.190. The summed E-state index contributed by atoms with van der Waals surface area (Å²) in [6.45, 7) is 14.0. The van der Waals surface area contributed by atoms with Gasteiger partial charge in [0.1, 0.15) is 5.82 Å². The molecular formula is C18H30FN3O2Si. The second-order valence-corrected chi connectivity index (χ2v) is 11.7. The second kappa shape index (κ2) is 9.34. The van der Waals surface area contributed by atoms with Gasteiger partial charge < -0.3 is 9.47 Å². The molecule has 7 heteroatoms. The highest BCUT2D eigenvalue weighted by molar-refractivity contribution is 6.59. The van der Waals surface area contributed by atoms with E-state index in [9.17, 15) is 4.39 Å². The summed E-state index contributed by atoms with van der Waals surface area (Å²) in [5.74, 6) is -0.281. The molecule has 0 fully saturated rings. The summed E-state index contributed by atoms with van der Waals surface area (Å²) in [4.78, 5) is 2.90. The van der Waals surface area contributed by atoms with Crippen LogP contribution in [0.4, 0.5) is 4.39 Å². The van der Waals surface area contributed by atoms with Crippen molar-refractivity contribution >= 4 is 8.80 Å². The molecule has 0 heterocycles. The Labute approximate surface area is 151 Å². The lowest BCUT2D eigenvalue weighted by molar-refractivity contribution is -0.0392. The van der Waals surface area contributed by atoms with Crippen LogP contribution in [0.2, 0.25) is 18.1 Å². The largest absolute Gasteiger partial charge is 0.381 e. The quantitative estimate of drug-likeness (QED) is 0.252. The molecule has 1 rings (SSSR count). The van der Waals surface area contributed by atoms with Gasteiger partial charge in [-0.1, -0.05) is 44.2 Å². The van der Waals surface area contributed by atoms with Crippen LogP contribution in [0, 0.1) is 5.82 Å². The highest BCUT2D eigenvalue weighted by atomic mass is 28.3. The molecule has 0 radical (unpaired) electrons. The molecule has 1 atom stereocenters. The van der Waals surface area contributed by atoms with E-state index >= 15 is 0 Å². The number of hydrogen-bond acceptors (Lipinski definition) is 3. The zero-order chi connectivity index (χ0) is 19.1. The number of ether oxygens (including phenoxy) is 2. The fourth-order valence-corrected chi connectivity index (χ4v) is 2.50. The third kappa shape index (κ3) is 7.16. The molecule has 0 aromatic heterocycles. The maximum Gasteiger partial charge on any atom is 0.123 e. The Morgan fingerprint density at radius 2 is 1.76 bits per heavy atom. The van der Waals surface area contributed by atoms with E-state index in [4.69, 9.17) is 15.0 Å². The minimum atomic E-state index is -0.838. The summed E-state index contributed by atoms with van der Waals surface area (Å²) >= 11 is 0. The molecule has 0 saturated heterocycles. The van der Waals surface area contributed by atoms with Gasteiger partial charge in [0.25, 0.3) is 0 Å². The molecule has 5 nitrogen and oxygen atoms in total. The van der Waals surface area contributed by atoms with Gasteiger partial charge >= 0.3 is 0 Å². The fourth-order valence-electron chi connectivity index (χ4n) is 2.05. The van der Waals surface area contributed by atoms with E-state index in [-0.39, 0.29) is 17.5 Å². The SMILES string of the molecule is C[SiH](C)C(C)(C)COC[C@@H](COC(C)(C)c1ccc(F)cc1)N=[N+]=[N-]. The molecule has 0 N–H and O–H groups in total. The molecule has 0 aliphatic rings. The summed E-state index contributed by atoms with van der Waals surface area (Å²) in [6.07, 6.45) is 0. The summed E-state index contributed by atoms with van der Waals surface area (Å²) in [6, 6.07) is 5.82. The molecular weight excluding hydrogens is 337 g/mol. The summed E-state index contributed by atoms with van der Waals surface area (Å²) in [5.41, 5.74) is 9.03. The van der Waals surface area contributed by atoms with Gasteiger partial charge in [0.15, 0.2) is 0 Å². The Balaban J connectivity index is 2.60. The molecule has 0 aliphatic heterocycles. The average molecular weight is 368 g/mol. The van der Waals surface area contributed by atoms with E-state index in [1.165, 1.54) is 12.1 Å². The van der Waals surface area contributed by atoms with E-state index in [0.717, 1.165) is 5.56 Å². The molecule has 1 aromatic carbocycles. The zero-order valence-electron chi connectivity index (χ0n) is 16.1.